The average molecular weight is 335 g/mol. The molecule has 0 bridgehead atoms. The van der Waals surface area contributed by atoms with E-state index in [0.29, 0.717) is 16.8 Å². The normalized spacial score (nSPS) is 18.9. The van der Waals surface area contributed by atoms with E-state index in [-0.39, 0.29) is 11.5 Å². The first kappa shape index (κ1) is 13.5. The molecular weight excluding hydrogens is 320 g/mol. The first-order valence-electron chi connectivity index (χ1n) is 6.68. The van der Waals surface area contributed by atoms with Crippen molar-refractivity contribution in [3.8, 4) is 11.3 Å². The van der Waals surface area contributed by atoms with Crippen LogP contribution in [0, 0.1) is 0 Å². The minimum absolute atomic E-state index is 0.139. The van der Waals surface area contributed by atoms with Crippen molar-refractivity contribution in [2.45, 2.75) is 18.8 Å². The standard InChI is InChI=1S/C15H15BrN2O2/c16-12-13(10-5-2-1-3-6-10)17-14(18-15(12)19)11-7-4-8-20-9-11/h1-3,5-6,11H,4,7-9H2,(H,17,18,19). The molecule has 0 aliphatic carbocycles. The Kier molecular flexibility index (Phi) is 3.98. The van der Waals surface area contributed by atoms with Crippen LogP contribution < -0.4 is 5.56 Å². The number of rotatable bonds is 2. The van der Waals surface area contributed by atoms with Crippen LogP contribution in [-0.4, -0.2) is 23.2 Å². The topological polar surface area (TPSA) is 55.0 Å². The van der Waals surface area contributed by atoms with Gasteiger partial charge in [0.15, 0.2) is 0 Å². The quantitative estimate of drug-likeness (QED) is 0.918. The van der Waals surface area contributed by atoms with E-state index in [4.69, 9.17) is 4.74 Å². The third-order valence-corrected chi connectivity index (χ3v) is 4.21. The van der Waals surface area contributed by atoms with Gasteiger partial charge in [-0.05, 0) is 28.8 Å². The summed E-state index contributed by atoms with van der Waals surface area (Å²) in [5.74, 6) is 0.892. The largest absolute Gasteiger partial charge is 0.381 e. The third-order valence-electron chi connectivity index (χ3n) is 3.48. The first-order valence-corrected chi connectivity index (χ1v) is 7.48. The molecule has 1 unspecified atom stereocenters. The second-order valence-electron chi connectivity index (χ2n) is 4.89. The summed E-state index contributed by atoms with van der Waals surface area (Å²) >= 11 is 3.34. The average Bonchev–Trinajstić information content (AvgIpc) is 2.51. The Balaban J connectivity index is 2.06. The third kappa shape index (κ3) is 2.69. The number of nitrogens with zero attached hydrogens (tertiary/aromatic N) is 1. The molecule has 1 N–H and O–H groups in total. The van der Waals surface area contributed by atoms with E-state index in [1.807, 2.05) is 30.3 Å². The Bertz CT molecular complexity index is 649. The number of ether oxygens (including phenoxy) is 1. The smallest absolute Gasteiger partial charge is 0.265 e. The number of halogens is 1. The zero-order chi connectivity index (χ0) is 13.9. The predicted octanol–water partition coefficient (Wildman–Crippen LogP) is 3.09. The lowest BCUT2D eigenvalue weighted by molar-refractivity contribution is 0.0780. The maximum atomic E-state index is 12.1. The molecule has 1 aromatic carbocycles. The van der Waals surface area contributed by atoms with Crippen LogP contribution in [0.15, 0.2) is 39.6 Å². The fourth-order valence-electron chi connectivity index (χ4n) is 2.41. The molecule has 20 heavy (non-hydrogen) atoms. The minimum Gasteiger partial charge on any atom is -0.381 e. The van der Waals surface area contributed by atoms with E-state index in [2.05, 4.69) is 25.9 Å². The van der Waals surface area contributed by atoms with Gasteiger partial charge in [0.1, 0.15) is 10.3 Å². The van der Waals surface area contributed by atoms with E-state index >= 15 is 0 Å². The maximum absolute atomic E-state index is 12.1. The SMILES string of the molecule is O=c1[nH]c(C2CCCOC2)nc(-c2ccccc2)c1Br. The molecule has 2 aromatic rings. The molecule has 1 aliphatic heterocycles. The zero-order valence-corrected chi connectivity index (χ0v) is 12.5. The van der Waals surface area contributed by atoms with Crippen molar-refractivity contribution in [2.75, 3.05) is 13.2 Å². The number of hydrogen-bond acceptors (Lipinski definition) is 3. The van der Waals surface area contributed by atoms with Crippen LogP contribution in [0.4, 0.5) is 0 Å². The van der Waals surface area contributed by atoms with Gasteiger partial charge in [0, 0.05) is 18.1 Å². The van der Waals surface area contributed by atoms with Crippen molar-refractivity contribution in [1.82, 2.24) is 9.97 Å². The molecule has 2 heterocycles. The summed E-state index contributed by atoms with van der Waals surface area (Å²) in [5.41, 5.74) is 1.48. The summed E-state index contributed by atoms with van der Waals surface area (Å²) in [6, 6.07) is 9.73. The molecule has 1 aliphatic rings. The van der Waals surface area contributed by atoms with E-state index in [1.54, 1.807) is 0 Å². The van der Waals surface area contributed by atoms with Gasteiger partial charge in [-0.3, -0.25) is 4.79 Å². The molecule has 0 spiro atoms. The lowest BCUT2D eigenvalue weighted by Crippen LogP contribution is -2.22. The molecule has 0 radical (unpaired) electrons. The summed E-state index contributed by atoms with van der Waals surface area (Å²) in [7, 11) is 0. The Morgan fingerprint density at radius 3 is 2.80 bits per heavy atom. The maximum Gasteiger partial charge on any atom is 0.265 e. The van der Waals surface area contributed by atoms with Crippen LogP contribution in [0.1, 0.15) is 24.6 Å². The minimum atomic E-state index is -0.139. The van der Waals surface area contributed by atoms with Crippen LogP contribution in [-0.2, 0) is 4.74 Å². The van der Waals surface area contributed by atoms with Crippen molar-refractivity contribution < 1.29 is 4.74 Å². The highest BCUT2D eigenvalue weighted by molar-refractivity contribution is 9.10. The number of benzene rings is 1. The van der Waals surface area contributed by atoms with Crippen LogP contribution in [0.5, 0.6) is 0 Å². The van der Waals surface area contributed by atoms with Crippen LogP contribution in [0.3, 0.4) is 0 Å². The fourth-order valence-corrected chi connectivity index (χ4v) is 2.83. The van der Waals surface area contributed by atoms with Gasteiger partial charge in [-0.25, -0.2) is 4.98 Å². The molecule has 5 heteroatoms. The van der Waals surface area contributed by atoms with Crippen molar-refractivity contribution in [3.63, 3.8) is 0 Å². The molecule has 3 rings (SSSR count). The molecule has 1 saturated heterocycles. The van der Waals surface area contributed by atoms with E-state index in [9.17, 15) is 4.79 Å². The first-order chi connectivity index (χ1) is 9.75. The van der Waals surface area contributed by atoms with Crippen LogP contribution in [0.2, 0.25) is 0 Å². The van der Waals surface area contributed by atoms with Gasteiger partial charge < -0.3 is 9.72 Å². The molecule has 0 amide bonds. The van der Waals surface area contributed by atoms with E-state index in [1.165, 1.54) is 0 Å². The van der Waals surface area contributed by atoms with Crippen molar-refractivity contribution in [3.05, 3.63) is 51.0 Å². The Hall–Kier alpha value is -1.46. The second-order valence-corrected chi connectivity index (χ2v) is 5.69. The lowest BCUT2D eigenvalue weighted by atomic mass is 10.0. The summed E-state index contributed by atoms with van der Waals surface area (Å²) < 4.78 is 5.95. The van der Waals surface area contributed by atoms with E-state index < -0.39 is 0 Å². The van der Waals surface area contributed by atoms with Crippen molar-refractivity contribution >= 4 is 15.9 Å². The Labute approximate surface area is 125 Å². The molecule has 0 saturated carbocycles. The molecular formula is C15H15BrN2O2. The Morgan fingerprint density at radius 2 is 2.10 bits per heavy atom. The van der Waals surface area contributed by atoms with Crippen molar-refractivity contribution in [1.29, 1.82) is 0 Å². The number of aromatic nitrogens is 2. The summed E-state index contributed by atoms with van der Waals surface area (Å²) in [6.07, 6.45) is 2.00. The summed E-state index contributed by atoms with van der Waals surface area (Å²) in [4.78, 5) is 19.6. The molecule has 1 fully saturated rings. The van der Waals surface area contributed by atoms with Crippen LogP contribution in [0.25, 0.3) is 11.3 Å². The highest BCUT2D eigenvalue weighted by atomic mass is 79.9. The second kappa shape index (κ2) is 5.89. The number of nitrogens with one attached hydrogen (secondary N) is 1. The summed E-state index contributed by atoms with van der Waals surface area (Å²) in [5, 5.41) is 0. The summed E-state index contributed by atoms with van der Waals surface area (Å²) in [6.45, 7) is 1.42. The van der Waals surface area contributed by atoms with Crippen molar-refractivity contribution in [2.24, 2.45) is 0 Å². The molecule has 104 valence electrons. The number of aromatic amines is 1. The highest BCUT2D eigenvalue weighted by Gasteiger charge is 2.20. The molecule has 4 nitrogen and oxygen atoms in total. The zero-order valence-electron chi connectivity index (χ0n) is 10.9. The van der Waals surface area contributed by atoms with Gasteiger partial charge in [0.2, 0.25) is 0 Å². The van der Waals surface area contributed by atoms with Crippen LogP contribution >= 0.6 is 15.9 Å². The van der Waals surface area contributed by atoms with Gasteiger partial charge in [-0.1, -0.05) is 30.3 Å². The van der Waals surface area contributed by atoms with E-state index in [0.717, 1.165) is 30.8 Å². The monoisotopic (exact) mass is 334 g/mol. The fraction of sp³-hybridized carbons (Fsp3) is 0.333. The highest BCUT2D eigenvalue weighted by Crippen LogP contribution is 2.27. The van der Waals surface area contributed by atoms with Gasteiger partial charge in [0.25, 0.3) is 5.56 Å². The number of hydrogen-bond donors (Lipinski definition) is 1. The molecule has 1 atom stereocenters. The van der Waals surface area contributed by atoms with Gasteiger partial charge >= 0.3 is 0 Å². The lowest BCUT2D eigenvalue weighted by Gasteiger charge is -2.21. The number of H-pyrrole nitrogens is 1. The Morgan fingerprint density at radius 1 is 1.30 bits per heavy atom. The molecule has 1 aromatic heterocycles. The predicted molar refractivity (Wildman–Crippen MR) is 80.8 cm³/mol. The van der Waals surface area contributed by atoms with Gasteiger partial charge in [0.05, 0.1) is 12.3 Å². The van der Waals surface area contributed by atoms with Gasteiger partial charge in [-0.15, -0.1) is 0 Å². The van der Waals surface area contributed by atoms with Gasteiger partial charge in [-0.2, -0.15) is 0 Å².